The molecule has 0 radical (unpaired) electrons. The maximum absolute atomic E-state index is 13.6. The fourth-order valence-electron chi connectivity index (χ4n) is 6.25. The third-order valence-electron chi connectivity index (χ3n) is 8.16. The summed E-state index contributed by atoms with van der Waals surface area (Å²) in [6.45, 7) is 3.54. The van der Waals surface area contributed by atoms with Crippen molar-refractivity contribution in [3.8, 4) is 0 Å². The monoisotopic (exact) mass is 504 g/mol. The highest BCUT2D eigenvalue weighted by molar-refractivity contribution is 7.92. The number of rotatable bonds is 6. The Morgan fingerprint density at radius 1 is 1.23 bits per heavy atom. The predicted octanol–water partition coefficient (Wildman–Crippen LogP) is 0.511. The van der Waals surface area contributed by atoms with Gasteiger partial charge in [-0.2, -0.15) is 0 Å². The lowest BCUT2D eigenvalue weighted by Gasteiger charge is -2.37. The number of nitrogens with one attached hydrogen (secondary N) is 2. The molecule has 2 saturated heterocycles. The van der Waals surface area contributed by atoms with E-state index in [2.05, 4.69) is 22.8 Å². The molecular weight excluding hydrogens is 468 g/mol. The minimum Gasteiger partial charge on any atom is -0.368 e. The van der Waals surface area contributed by atoms with Gasteiger partial charge >= 0.3 is 0 Å². The number of aryl methyl sites for hydroxylation is 1. The largest absolute Gasteiger partial charge is 0.368 e. The molecule has 6 atom stereocenters. The second-order valence-corrected chi connectivity index (χ2v) is 13.0. The summed E-state index contributed by atoms with van der Waals surface area (Å²) in [6, 6.07) is 5.67. The fraction of sp³-hybridized carbons (Fsp3) is 0.640. The van der Waals surface area contributed by atoms with Crippen molar-refractivity contribution in [2.45, 2.75) is 75.9 Å². The van der Waals surface area contributed by atoms with Crippen LogP contribution in [-0.2, 0) is 37.1 Å². The van der Waals surface area contributed by atoms with Crippen molar-refractivity contribution in [3.05, 3.63) is 35.4 Å². The van der Waals surface area contributed by atoms with Crippen LogP contribution in [0.5, 0.6) is 0 Å². The Balaban J connectivity index is 1.63. The van der Waals surface area contributed by atoms with Crippen LogP contribution in [0.1, 0.15) is 50.7 Å². The molecule has 192 valence electrons. The van der Waals surface area contributed by atoms with Crippen LogP contribution in [0.4, 0.5) is 0 Å². The molecule has 2 fully saturated rings. The molecular formula is C25H36N4O5S. The first kappa shape index (κ1) is 25.6. The Hall–Kier alpha value is -2.46. The molecule has 4 rings (SSSR count). The number of nitrogens with two attached hydrogens (primary N) is 1. The van der Waals surface area contributed by atoms with E-state index in [4.69, 9.17) is 5.73 Å². The van der Waals surface area contributed by atoms with Crippen LogP contribution >= 0.6 is 0 Å². The highest BCUT2D eigenvalue weighted by Gasteiger charge is 2.60. The molecule has 4 N–H and O–H groups in total. The molecule has 3 amide bonds. The number of sulfone groups is 1. The minimum absolute atomic E-state index is 0.0298. The van der Waals surface area contributed by atoms with Gasteiger partial charge in [-0.05, 0) is 69.5 Å². The van der Waals surface area contributed by atoms with Gasteiger partial charge in [-0.25, -0.2) is 8.42 Å². The molecule has 2 aliphatic heterocycles. The number of hydrogen-bond donors (Lipinski definition) is 3. The van der Waals surface area contributed by atoms with E-state index in [0.717, 1.165) is 19.3 Å². The second-order valence-electron chi connectivity index (χ2n) is 10.7. The molecule has 3 aliphatic rings. The lowest BCUT2D eigenvalue weighted by Crippen LogP contribution is -2.58. The number of carbonyl (C=O) groups excluding carboxylic acids is 3. The number of nitrogens with zero attached hydrogens (tertiary/aromatic N) is 1. The number of benzene rings is 1. The fourth-order valence-corrected chi connectivity index (χ4v) is 8.29. The van der Waals surface area contributed by atoms with Crippen LogP contribution in [0.3, 0.4) is 0 Å². The zero-order chi connectivity index (χ0) is 25.5. The number of primary amides is 1. The van der Waals surface area contributed by atoms with Gasteiger partial charge in [0.05, 0.1) is 11.8 Å². The van der Waals surface area contributed by atoms with E-state index >= 15 is 0 Å². The zero-order valence-corrected chi connectivity index (χ0v) is 21.4. The van der Waals surface area contributed by atoms with Gasteiger partial charge in [-0.3, -0.25) is 14.4 Å². The van der Waals surface area contributed by atoms with Crippen molar-refractivity contribution in [2.24, 2.45) is 17.1 Å². The highest BCUT2D eigenvalue weighted by atomic mass is 32.2. The number of carbonyl (C=O) groups is 3. The first-order valence-corrected chi connectivity index (χ1v) is 14.1. The maximum Gasteiger partial charge on any atom is 0.246 e. The lowest BCUT2D eigenvalue weighted by molar-refractivity contribution is -0.143. The van der Waals surface area contributed by atoms with Crippen molar-refractivity contribution >= 4 is 27.6 Å². The minimum atomic E-state index is -3.72. The van der Waals surface area contributed by atoms with Gasteiger partial charge in [0.25, 0.3) is 0 Å². The summed E-state index contributed by atoms with van der Waals surface area (Å²) in [5.41, 5.74) is 7.68. The van der Waals surface area contributed by atoms with E-state index in [1.807, 2.05) is 19.1 Å². The molecule has 9 nitrogen and oxygen atoms in total. The van der Waals surface area contributed by atoms with Crippen molar-refractivity contribution in [1.29, 1.82) is 0 Å². The molecule has 2 unspecified atom stereocenters. The van der Waals surface area contributed by atoms with E-state index in [1.54, 1.807) is 14.0 Å². The topological polar surface area (TPSA) is 139 Å². The summed E-state index contributed by atoms with van der Waals surface area (Å²) in [5, 5.41) is 4.38. The molecule has 1 aromatic carbocycles. The molecule has 0 aromatic heterocycles. The molecule has 0 spiro atoms. The van der Waals surface area contributed by atoms with Gasteiger partial charge in [0.1, 0.15) is 17.5 Å². The molecule has 2 heterocycles. The highest BCUT2D eigenvalue weighted by Crippen LogP contribution is 2.49. The van der Waals surface area contributed by atoms with Gasteiger partial charge in [0, 0.05) is 5.41 Å². The van der Waals surface area contributed by atoms with Crippen LogP contribution < -0.4 is 16.4 Å². The Labute approximate surface area is 207 Å². The van der Waals surface area contributed by atoms with E-state index in [0.29, 0.717) is 6.42 Å². The summed E-state index contributed by atoms with van der Waals surface area (Å²) in [7, 11) is -2.10. The van der Waals surface area contributed by atoms with Gasteiger partial charge in [0.15, 0.2) is 9.84 Å². The zero-order valence-electron chi connectivity index (χ0n) is 20.6. The Morgan fingerprint density at radius 3 is 2.57 bits per heavy atom. The molecule has 0 saturated carbocycles. The number of amides is 3. The number of hydrogen-bond acceptors (Lipinski definition) is 6. The van der Waals surface area contributed by atoms with Crippen molar-refractivity contribution in [3.63, 3.8) is 0 Å². The van der Waals surface area contributed by atoms with E-state index < -0.39 is 56.5 Å². The number of likely N-dealkylation sites (N-methyl/N-ethyl adjacent to an activating group) is 1. The molecule has 1 aliphatic carbocycles. The SMILES string of the molecule is CN[C@@H](C)C(=O)N[C@H]1CCS(=O)(=O)[C@H]2CC(C)(CC3CCc4ccccc4C3)[C@@H](C(N)=O)N2C1=O. The normalized spacial score (nSPS) is 32.8. The second kappa shape index (κ2) is 9.54. The van der Waals surface area contributed by atoms with E-state index in [1.165, 1.54) is 16.0 Å². The number of fused-ring (bicyclic) bond motifs is 2. The van der Waals surface area contributed by atoms with E-state index in [9.17, 15) is 22.8 Å². The van der Waals surface area contributed by atoms with Crippen molar-refractivity contribution < 1.29 is 22.8 Å². The molecule has 1 aromatic rings. The molecule has 35 heavy (non-hydrogen) atoms. The van der Waals surface area contributed by atoms with Crippen LogP contribution in [0, 0.1) is 11.3 Å². The molecule has 0 bridgehead atoms. The van der Waals surface area contributed by atoms with Crippen LogP contribution in [-0.4, -0.2) is 67.3 Å². The third-order valence-corrected chi connectivity index (χ3v) is 10.2. The predicted molar refractivity (Wildman–Crippen MR) is 132 cm³/mol. The lowest BCUT2D eigenvalue weighted by atomic mass is 9.70. The van der Waals surface area contributed by atoms with Gasteiger partial charge in [0.2, 0.25) is 17.7 Å². The Bertz CT molecular complexity index is 1120. The van der Waals surface area contributed by atoms with Crippen LogP contribution in [0.25, 0.3) is 0 Å². The van der Waals surface area contributed by atoms with Crippen LogP contribution in [0.15, 0.2) is 24.3 Å². The Morgan fingerprint density at radius 2 is 1.91 bits per heavy atom. The summed E-state index contributed by atoms with van der Waals surface area (Å²) in [4.78, 5) is 40.1. The van der Waals surface area contributed by atoms with E-state index in [-0.39, 0.29) is 24.5 Å². The van der Waals surface area contributed by atoms with Crippen molar-refractivity contribution in [2.75, 3.05) is 12.8 Å². The average Bonchev–Trinajstić information content (AvgIpc) is 3.10. The standard InChI is InChI=1S/C25H36N4O5S/c1-15(27-3)23(31)28-19-10-11-35(33,34)20-14-25(2,21(22(26)30)29(20)24(19)32)13-16-8-9-17-6-4-5-7-18(17)12-16/h4-7,15-16,19-21,27H,8-14H2,1-3H3,(H2,26,30)(H,28,31)/t15-,16?,19-,20-,21+,25?/m0/s1. The van der Waals surface area contributed by atoms with Gasteiger partial charge in [-0.1, -0.05) is 31.2 Å². The van der Waals surface area contributed by atoms with Crippen LogP contribution in [0.2, 0.25) is 0 Å². The first-order valence-electron chi connectivity index (χ1n) is 12.3. The summed E-state index contributed by atoms with van der Waals surface area (Å²) in [5.74, 6) is -1.64. The summed E-state index contributed by atoms with van der Waals surface area (Å²) < 4.78 is 26.6. The Kier molecular flexibility index (Phi) is 6.98. The van der Waals surface area contributed by atoms with Gasteiger partial charge < -0.3 is 21.3 Å². The summed E-state index contributed by atoms with van der Waals surface area (Å²) >= 11 is 0. The smallest absolute Gasteiger partial charge is 0.246 e. The van der Waals surface area contributed by atoms with Crippen molar-refractivity contribution in [1.82, 2.24) is 15.5 Å². The first-order chi connectivity index (χ1) is 16.5. The molecule has 10 heteroatoms. The quantitative estimate of drug-likeness (QED) is 0.516. The van der Waals surface area contributed by atoms with Gasteiger partial charge in [-0.15, -0.1) is 0 Å². The maximum atomic E-state index is 13.6. The third kappa shape index (κ3) is 4.82. The summed E-state index contributed by atoms with van der Waals surface area (Å²) in [6.07, 6.45) is 3.45. The average molecular weight is 505 g/mol.